The second-order valence-electron chi connectivity index (χ2n) is 6.25. The first-order valence-corrected chi connectivity index (χ1v) is 10.3. The fraction of sp³-hybridized carbons (Fsp3) is 0.211. The van der Waals surface area contributed by atoms with E-state index in [0.717, 1.165) is 0 Å². The predicted octanol–water partition coefficient (Wildman–Crippen LogP) is 4.61. The highest BCUT2D eigenvalue weighted by Crippen LogP contribution is 2.42. The fourth-order valence-corrected chi connectivity index (χ4v) is 4.29. The van der Waals surface area contributed by atoms with Gasteiger partial charge in [-0.1, -0.05) is 30.7 Å². The molecular weight excluding hydrogens is 392 g/mol. The zero-order valence-corrected chi connectivity index (χ0v) is 16.4. The van der Waals surface area contributed by atoms with Crippen LogP contribution in [0.5, 0.6) is 0 Å². The van der Waals surface area contributed by atoms with Crippen LogP contribution in [0.4, 0.5) is 4.39 Å². The van der Waals surface area contributed by atoms with E-state index in [1.165, 1.54) is 18.2 Å². The van der Waals surface area contributed by atoms with Gasteiger partial charge in [0.2, 0.25) is 0 Å². The third-order valence-electron chi connectivity index (χ3n) is 4.27. The van der Waals surface area contributed by atoms with E-state index >= 15 is 0 Å². The van der Waals surface area contributed by atoms with E-state index < -0.39 is 19.3 Å². The molecule has 0 saturated carbocycles. The maximum Gasteiger partial charge on any atom is 0.364 e. The Kier molecular flexibility index (Phi) is 5.54. The molecule has 0 aliphatic heterocycles. The van der Waals surface area contributed by atoms with Crippen LogP contribution in [0.2, 0.25) is 5.02 Å². The molecule has 8 heteroatoms. The Morgan fingerprint density at radius 1 is 1.26 bits per heavy atom. The number of fused-ring (bicyclic) bond motifs is 1. The van der Waals surface area contributed by atoms with Gasteiger partial charge in [0.05, 0.1) is 11.1 Å². The Morgan fingerprint density at radius 2 is 1.93 bits per heavy atom. The maximum absolute atomic E-state index is 13.2. The number of hydrogen-bond acceptors (Lipinski definition) is 3. The molecule has 0 bridgehead atoms. The molecule has 0 aliphatic carbocycles. The van der Waals surface area contributed by atoms with Gasteiger partial charge in [-0.15, -0.1) is 0 Å². The summed E-state index contributed by atoms with van der Waals surface area (Å²) in [6.45, 7) is 3.47. The lowest BCUT2D eigenvalue weighted by atomic mass is 10.0. The van der Waals surface area contributed by atoms with Crippen LogP contribution < -0.4 is 10.9 Å². The Labute approximate surface area is 160 Å². The molecule has 142 valence electrons. The third kappa shape index (κ3) is 4.14. The van der Waals surface area contributed by atoms with Gasteiger partial charge in [0.15, 0.2) is 0 Å². The van der Waals surface area contributed by atoms with Gasteiger partial charge >= 0.3 is 7.60 Å². The van der Waals surface area contributed by atoms with Crippen LogP contribution in [0.15, 0.2) is 47.3 Å². The molecule has 0 amide bonds. The molecule has 1 heterocycles. The summed E-state index contributed by atoms with van der Waals surface area (Å²) in [4.78, 5) is 25.1. The van der Waals surface area contributed by atoms with Crippen LogP contribution in [0.25, 0.3) is 22.0 Å². The molecule has 0 spiro atoms. The van der Waals surface area contributed by atoms with Crippen molar-refractivity contribution in [2.45, 2.75) is 26.4 Å². The highest BCUT2D eigenvalue weighted by molar-refractivity contribution is 7.61. The minimum atomic E-state index is -4.29. The highest BCUT2D eigenvalue weighted by atomic mass is 35.5. The molecule has 27 heavy (non-hydrogen) atoms. The first kappa shape index (κ1) is 19.8. The van der Waals surface area contributed by atoms with Gasteiger partial charge in [-0.3, -0.25) is 9.36 Å². The van der Waals surface area contributed by atoms with Crippen molar-refractivity contribution in [1.29, 1.82) is 0 Å². The van der Waals surface area contributed by atoms with Crippen LogP contribution in [-0.4, -0.2) is 16.0 Å². The molecule has 0 fully saturated rings. The number of benzene rings is 2. The van der Waals surface area contributed by atoms with Gasteiger partial charge in [-0.05, 0) is 54.6 Å². The van der Waals surface area contributed by atoms with Crippen LogP contribution in [-0.2, 0) is 9.09 Å². The summed E-state index contributed by atoms with van der Waals surface area (Å²) < 4.78 is 30.9. The minimum absolute atomic E-state index is 0.331. The summed E-state index contributed by atoms with van der Waals surface area (Å²) in [7, 11) is -4.29. The summed E-state index contributed by atoms with van der Waals surface area (Å²) in [6, 6.07) is 10.4. The van der Waals surface area contributed by atoms with Crippen molar-refractivity contribution in [2.75, 3.05) is 0 Å². The molecule has 5 nitrogen and oxygen atoms in total. The maximum atomic E-state index is 13.2. The molecule has 2 unspecified atom stereocenters. The van der Waals surface area contributed by atoms with Gasteiger partial charge in [-0.2, -0.15) is 0 Å². The molecule has 0 saturated heterocycles. The van der Waals surface area contributed by atoms with Gasteiger partial charge in [-0.25, -0.2) is 4.39 Å². The fourth-order valence-electron chi connectivity index (χ4n) is 2.65. The van der Waals surface area contributed by atoms with Crippen molar-refractivity contribution < 1.29 is 18.4 Å². The topological polar surface area (TPSA) is 79.4 Å². The van der Waals surface area contributed by atoms with Crippen molar-refractivity contribution in [2.24, 2.45) is 0 Å². The first-order valence-electron chi connectivity index (χ1n) is 8.35. The summed E-state index contributed by atoms with van der Waals surface area (Å²) in [5.74, 6) is -0.370. The Balaban J connectivity index is 2.15. The van der Waals surface area contributed by atoms with E-state index in [9.17, 15) is 18.6 Å². The number of aromatic nitrogens is 1. The third-order valence-corrected chi connectivity index (χ3v) is 6.17. The van der Waals surface area contributed by atoms with E-state index in [0.29, 0.717) is 33.5 Å². The number of nitrogens with one attached hydrogen (secondary N) is 1. The van der Waals surface area contributed by atoms with Crippen LogP contribution in [0, 0.1) is 5.82 Å². The second-order valence-corrected chi connectivity index (χ2v) is 8.40. The normalized spacial score (nSPS) is 14.9. The number of rotatable bonds is 5. The van der Waals surface area contributed by atoms with E-state index in [1.807, 2.05) is 6.92 Å². The number of aromatic amines is 1. The van der Waals surface area contributed by atoms with Crippen molar-refractivity contribution in [3.05, 3.63) is 63.7 Å². The minimum Gasteiger partial charge on any atom is -0.321 e. The van der Waals surface area contributed by atoms with Crippen LogP contribution >= 0.6 is 19.2 Å². The van der Waals surface area contributed by atoms with Crippen molar-refractivity contribution in [1.82, 2.24) is 4.98 Å². The molecule has 0 radical (unpaired) electrons. The summed E-state index contributed by atoms with van der Waals surface area (Å²) in [5, 5.41) is 0.540. The van der Waals surface area contributed by atoms with E-state index in [1.54, 1.807) is 31.2 Å². The first-order chi connectivity index (χ1) is 12.7. The number of pyridine rings is 1. The van der Waals surface area contributed by atoms with Crippen molar-refractivity contribution in [3.8, 4) is 11.1 Å². The standard InChI is InChI=1S/C19H18ClFNO4P/c1-3-11(2)26-27(24,25)18-9-13-8-15(12-4-6-14(21)7-5-12)16(20)10-17(13)22-19(18)23/h4-11H,3H2,1-2H3,(H,22,23)(H,24,25). The highest BCUT2D eigenvalue weighted by Gasteiger charge is 2.29. The van der Waals surface area contributed by atoms with Gasteiger partial charge in [0, 0.05) is 11.1 Å². The van der Waals surface area contributed by atoms with E-state index in [-0.39, 0.29) is 11.1 Å². The Morgan fingerprint density at radius 3 is 2.56 bits per heavy atom. The zero-order valence-electron chi connectivity index (χ0n) is 14.7. The van der Waals surface area contributed by atoms with Gasteiger partial charge in [0.1, 0.15) is 11.1 Å². The molecule has 2 aromatic carbocycles. The zero-order chi connectivity index (χ0) is 19.8. The lowest BCUT2D eigenvalue weighted by Gasteiger charge is -2.17. The molecule has 1 aromatic heterocycles. The monoisotopic (exact) mass is 409 g/mol. The van der Waals surface area contributed by atoms with Crippen LogP contribution in [0.1, 0.15) is 20.3 Å². The van der Waals surface area contributed by atoms with Crippen molar-refractivity contribution in [3.63, 3.8) is 0 Å². The smallest absolute Gasteiger partial charge is 0.321 e. The van der Waals surface area contributed by atoms with E-state index in [4.69, 9.17) is 16.1 Å². The molecule has 0 aliphatic rings. The van der Waals surface area contributed by atoms with Crippen LogP contribution in [0.3, 0.4) is 0 Å². The van der Waals surface area contributed by atoms with Crippen molar-refractivity contribution >= 4 is 35.4 Å². The number of H-pyrrole nitrogens is 1. The summed E-state index contributed by atoms with van der Waals surface area (Å²) in [6.07, 6.45) is 0.0521. The second kappa shape index (κ2) is 7.56. The molecule has 2 N–H and O–H groups in total. The Bertz CT molecular complexity index is 1100. The summed E-state index contributed by atoms with van der Waals surface area (Å²) in [5.41, 5.74) is 1.00. The van der Waals surface area contributed by atoms with Gasteiger partial charge < -0.3 is 14.4 Å². The molecular formula is C19H18ClFNO4P. The average Bonchev–Trinajstić information content (AvgIpc) is 2.61. The quantitative estimate of drug-likeness (QED) is 0.603. The number of halogens is 2. The summed E-state index contributed by atoms with van der Waals surface area (Å²) >= 11 is 6.30. The average molecular weight is 410 g/mol. The lowest BCUT2D eigenvalue weighted by molar-refractivity contribution is 0.192. The molecule has 2 atom stereocenters. The molecule has 3 rings (SSSR count). The SMILES string of the molecule is CCC(C)OP(=O)(O)c1cc2cc(-c3ccc(F)cc3)c(Cl)cc2[nH]c1=O. The molecule has 3 aromatic rings. The van der Waals surface area contributed by atoms with Gasteiger partial charge in [0.25, 0.3) is 5.56 Å². The predicted molar refractivity (Wildman–Crippen MR) is 105 cm³/mol. The van der Waals surface area contributed by atoms with E-state index in [2.05, 4.69) is 4.98 Å². The lowest BCUT2D eigenvalue weighted by Crippen LogP contribution is -2.29. The largest absolute Gasteiger partial charge is 0.364 e. The number of hydrogen-bond donors (Lipinski definition) is 2. The Hall–Kier alpha value is -1.98.